The zero-order chi connectivity index (χ0) is 18.6. The first-order chi connectivity index (χ1) is 12.5. The minimum atomic E-state index is -0.595. The maximum atomic E-state index is 12.8. The Balaban J connectivity index is 1.63. The van der Waals surface area contributed by atoms with Crippen molar-refractivity contribution in [2.24, 2.45) is 11.3 Å². The van der Waals surface area contributed by atoms with Gasteiger partial charge in [-0.05, 0) is 36.1 Å². The van der Waals surface area contributed by atoms with Gasteiger partial charge in [0.25, 0.3) is 5.91 Å². The van der Waals surface area contributed by atoms with Crippen LogP contribution in [0.1, 0.15) is 49.4 Å². The van der Waals surface area contributed by atoms with Gasteiger partial charge in [0.15, 0.2) is 5.78 Å². The highest BCUT2D eigenvalue weighted by atomic mass is 32.1. The summed E-state index contributed by atoms with van der Waals surface area (Å²) in [5.41, 5.74) is 0.639. The fourth-order valence-corrected chi connectivity index (χ4v) is 4.44. The van der Waals surface area contributed by atoms with E-state index in [0.29, 0.717) is 18.6 Å². The fourth-order valence-electron chi connectivity index (χ4n) is 3.80. The van der Waals surface area contributed by atoms with Crippen molar-refractivity contribution in [2.75, 3.05) is 19.8 Å². The smallest absolute Gasteiger partial charge is 0.252 e. The lowest BCUT2D eigenvalue weighted by Crippen LogP contribution is -2.50. The van der Waals surface area contributed by atoms with Crippen molar-refractivity contribution < 1.29 is 19.1 Å². The number of nitrogens with one attached hydrogen (secondary N) is 2. The summed E-state index contributed by atoms with van der Waals surface area (Å²) in [6, 6.07) is 1.16. The topological polar surface area (TPSA) is 84.5 Å². The molecule has 2 atom stereocenters. The molecule has 7 heteroatoms. The van der Waals surface area contributed by atoms with E-state index in [0.717, 1.165) is 25.7 Å². The number of hydrogen-bond acceptors (Lipinski definition) is 5. The van der Waals surface area contributed by atoms with Gasteiger partial charge in [0.05, 0.1) is 18.1 Å². The molecule has 2 heterocycles. The van der Waals surface area contributed by atoms with Gasteiger partial charge in [0, 0.05) is 11.9 Å². The summed E-state index contributed by atoms with van der Waals surface area (Å²) in [4.78, 5) is 36.9. The molecule has 1 aromatic rings. The van der Waals surface area contributed by atoms with Gasteiger partial charge in [0.2, 0.25) is 5.91 Å². The summed E-state index contributed by atoms with van der Waals surface area (Å²) in [6.45, 7) is 2.92. The van der Waals surface area contributed by atoms with Crippen LogP contribution in [-0.4, -0.2) is 43.4 Å². The molecule has 26 heavy (non-hydrogen) atoms. The third kappa shape index (κ3) is 4.71. The second-order valence-electron chi connectivity index (χ2n) is 7.68. The molecule has 142 valence electrons. The number of carbonyl (C=O) groups is 3. The molecule has 3 rings (SSSR count). The normalized spacial score (nSPS) is 23.0. The van der Waals surface area contributed by atoms with Crippen LogP contribution in [0.4, 0.5) is 0 Å². The molecule has 1 saturated heterocycles. The first-order valence-electron chi connectivity index (χ1n) is 9.18. The van der Waals surface area contributed by atoms with Crippen LogP contribution < -0.4 is 10.6 Å². The van der Waals surface area contributed by atoms with Crippen LogP contribution in [0.15, 0.2) is 16.8 Å². The fraction of sp³-hybridized carbons (Fsp3) is 0.632. The van der Waals surface area contributed by atoms with Crippen molar-refractivity contribution >= 4 is 28.9 Å². The lowest BCUT2D eigenvalue weighted by molar-refractivity contribution is -0.124. The average Bonchev–Trinajstić information content (AvgIpc) is 3.35. The number of hydrogen-bond donors (Lipinski definition) is 2. The Bertz CT molecular complexity index is 653. The second kappa shape index (κ2) is 8.31. The molecule has 0 spiro atoms. The first kappa shape index (κ1) is 19.0. The molecule has 2 aliphatic rings. The molecule has 0 radical (unpaired) electrons. The van der Waals surface area contributed by atoms with Crippen LogP contribution in [0.3, 0.4) is 0 Å². The van der Waals surface area contributed by atoms with E-state index in [1.807, 2.05) is 5.38 Å². The zero-order valence-electron chi connectivity index (χ0n) is 15.1. The van der Waals surface area contributed by atoms with Crippen LogP contribution in [0.5, 0.6) is 0 Å². The Hall–Kier alpha value is -1.73. The molecule has 1 aromatic heterocycles. The largest absolute Gasteiger partial charge is 0.373 e. The number of amides is 2. The summed E-state index contributed by atoms with van der Waals surface area (Å²) >= 11 is 1.45. The van der Waals surface area contributed by atoms with E-state index in [1.54, 1.807) is 11.4 Å². The van der Waals surface area contributed by atoms with Crippen LogP contribution in [0.25, 0.3) is 0 Å². The molecule has 0 bridgehead atoms. The second-order valence-corrected chi connectivity index (χ2v) is 8.46. The van der Waals surface area contributed by atoms with Crippen molar-refractivity contribution in [1.29, 1.82) is 0 Å². The van der Waals surface area contributed by atoms with Crippen molar-refractivity contribution in [3.63, 3.8) is 0 Å². The van der Waals surface area contributed by atoms with Gasteiger partial charge in [-0.25, -0.2) is 0 Å². The SMILES string of the molecule is CC1(C[C@H](NC(=O)c2ccsc2)C(=O)NCC2COCC2=O)CCCC1. The van der Waals surface area contributed by atoms with E-state index in [4.69, 9.17) is 4.74 Å². The van der Waals surface area contributed by atoms with Gasteiger partial charge >= 0.3 is 0 Å². The molecule has 2 fully saturated rings. The van der Waals surface area contributed by atoms with Gasteiger partial charge in [-0.2, -0.15) is 11.3 Å². The quantitative estimate of drug-likeness (QED) is 0.761. The van der Waals surface area contributed by atoms with E-state index >= 15 is 0 Å². The summed E-state index contributed by atoms with van der Waals surface area (Å²) in [6.07, 6.45) is 5.08. The van der Waals surface area contributed by atoms with E-state index in [2.05, 4.69) is 17.6 Å². The maximum Gasteiger partial charge on any atom is 0.252 e. The summed E-state index contributed by atoms with van der Waals surface area (Å²) in [5, 5.41) is 9.36. The van der Waals surface area contributed by atoms with Crippen molar-refractivity contribution in [1.82, 2.24) is 10.6 Å². The standard InChI is InChI=1S/C19H26N2O4S/c1-19(5-2-3-6-19)8-15(21-17(23)13-4-7-26-12-13)18(24)20-9-14-10-25-11-16(14)22/h4,7,12,14-15H,2-3,5-6,8-11H2,1H3,(H,20,24)(H,21,23)/t14?,15-/m0/s1. The Morgan fingerprint density at radius 3 is 2.77 bits per heavy atom. The molecule has 6 nitrogen and oxygen atoms in total. The van der Waals surface area contributed by atoms with Gasteiger partial charge < -0.3 is 15.4 Å². The molecule has 1 saturated carbocycles. The minimum Gasteiger partial charge on any atom is -0.373 e. The molecule has 2 N–H and O–H groups in total. The molecule has 1 unspecified atom stereocenters. The van der Waals surface area contributed by atoms with E-state index in [-0.39, 0.29) is 42.1 Å². The summed E-state index contributed by atoms with van der Waals surface area (Å²) in [5.74, 6) is -0.712. The minimum absolute atomic E-state index is 0.0203. The number of carbonyl (C=O) groups excluding carboxylic acids is 3. The van der Waals surface area contributed by atoms with Crippen molar-refractivity contribution in [2.45, 2.75) is 45.1 Å². The Labute approximate surface area is 157 Å². The van der Waals surface area contributed by atoms with Crippen molar-refractivity contribution in [3.05, 3.63) is 22.4 Å². The Morgan fingerprint density at radius 1 is 1.38 bits per heavy atom. The predicted octanol–water partition coefficient (Wildman–Crippen LogP) is 2.15. The molecular formula is C19H26N2O4S. The lowest BCUT2D eigenvalue weighted by Gasteiger charge is -2.29. The van der Waals surface area contributed by atoms with Gasteiger partial charge in [0.1, 0.15) is 12.6 Å². The van der Waals surface area contributed by atoms with E-state index < -0.39 is 6.04 Å². The van der Waals surface area contributed by atoms with Gasteiger partial charge in [-0.3, -0.25) is 14.4 Å². The molecule has 1 aliphatic carbocycles. The number of rotatable bonds is 7. The number of thiophene rings is 1. The van der Waals surface area contributed by atoms with Gasteiger partial charge in [-0.15, -0.1) is 0 Å². The number of ketones is 1. The highest BCUT2D eigenvalue weighted by Gasteiger charge is 2.35. The van der Waals surface area contributed by atoms with Gasteiger partial charge in [-0.1, -0.05) is 19.8 Å². The predicted molar refractivity (Wildman–Crippen MR) is 99.1 cm³/mol. The molecule has 0 aromatic carbocycles. The van der Waals surface area contributed by atoms with E-state index in [1.165, 1.54) is 11.3 Å². The van der Waals surface area contributed by atoms with Crippen LogP contribution in [-0.2, 0) is 14.3 Å². The third-order valence-electron chi connectivity index (χ3n) is 5.45. The molecule has 1 aliphatic heterocycles. The van der Waals surface area contributed by atoms with Crippen LogP contribution in [0, 0.1) is 11.3 Å². The Morgan fingerprint density at radius 2 is 2.15 bits per heavy atom. The van der Waals surface area contributed by atoms with Crippen LogP contribution in [0.2, 0.25) is 0 Å². The van der Waals surface area contributed by atoms with Crippen molar-refractivity contribution in [3.8, 4) is 0 Å². The molecular weight excluding hydrogens is 352 g/mol. The average molecular weight is 378 g/mol. The highest BCUT2D eigenvalue weighted by Crippen LogP contribution is 2.41. The lowest BCUT2D eigenvalue weighted by atomic mass is 9.81. The third-order valence-corrected chi connectivity index (χ3v) is 6.14. The zero-order valence-corrected chi connectivity index (χ0v) is 15.9. The Kier molecular flexibility index (Phi) is 6.09. The highest BCUT2D eigenvalue weighted by molar-refractivity contribution is 7.08. The summed E-state index contributed by atoms with van der Waals surface area (Å²) in [7, 11) is 0. The first-order valence-corrected chi connectivity index (χ1v) is 10.1. The summed E-state index contributed by atoms with van der Waals surface area (Å²) < 4.78 is 5.13. The van der Waals surface area contributed by atoms with E-state index in [9.17, 15) is 14.4 Å². The van der Waals surface area contributed by atoms with Crippen LogP contribution >= 0.6 is 11.3 Å². The molecule has 2 amide bonds. The monoisotopic (exact) mass is 378 g/mol. The number of ether oxygens (including phenoxy) is 1. The maximum absolute atomic E-state index is 12.8. The number of Topliss-reactive ketones (excluding diaryl/α,β-unsaturated/α-hetero) is 1.